The highest BCUT2D eigenvalue weighted by molar-refractivity contribution is 6.13. The molecule has 1 aliphatic rings. The number of para-hydroxylation sites is 1. The average Bonchev–Trinajstić information content (AvgIpc) is 3.48. The zero-order valence-corrected chi connectivity index (χ0v) is 18.1. The lowest BCUT2D eigenvalue weighted by molar-refractivity contribution is 0.0949. The number of H-pyrrole nitrogens is 1. The maximum atomic E-state index is 13.1. The van der Waals surface area contributed by atoms with Gasteiger partial charge in [0.05, 0.1) is 11.2 Å². The van der Waals surface area contributed by atoms with E-state index in [-0.39, 0.29) is 18.5 Å². The first kappa shape index (κ1) is 20.2. The minimum atomic E-state index is -0.278. The second-order valence-corrected chi connectivity index (χ2v) is 8.15. The third-order valence-corrected chi connectivity index (χ3v) is 5.99. The summed E-state index contributed by atoms with van der Waals surface area (Å²) in [7, 11) is 0. The van der Waals surface area contributed by atoms with Gasteiger partial charge in [-0.15, -0.1) is 0 Å². The summed E-state index contributed by atoms with van der Waals surface area (Å²) < 4.78 is 24.1. The number of nitrogens with zero attached hydrogens (tertiary/aromatic N) is 1. The standard InChI is InChI=1S/C27H20FN3O3/c28-18-8-5-16(6-9-18)11-12-29-27(32)22-14-20-19-3-1-2-4-21(19)30-26(20)25(31-22)17-7-10-23-24(13-17)34-15-33-23/h1-10,13-14,30H,11-12,15H2,(H,29,32). The summed E-state index contributed by atoms with van der Waals surface area (Å²) in [5.74, 6) is 0.792. The first-order valence-electron chi connectivity index (χ1n) is 11.0. The van der Waals surface area contributed by atoms with E-state index >= 15 is 0 Å². The van der Waals surface area contributed by atoms with Crippen molar-refractivity contribution in [3.8, 4) is 22.8 Å². The molecule has 6 rings (SSSR count). The van der Waals surface area contributed by atoms with Crippen LogP contribution in [0.15, 0.2) is 72.8 Å². The Kier molecular flexibility index (Phi) is 4.87. The first-order valence-corrected chi connectivity index (χ1v) is 11.0. The highest BCUT2D eigenvalue weighted by Crippen LogP contribution is 2.38. The number of rotatable bonds is 5. The van der Waals surface area contributed by atoms with E-state index in [1.54, 1.807) is 12.1 Å². The number of hydrogen-bond donors (Lipinski definition) is 2. The number of halogens is 1. The van der Waals surface area contributed by atoms with Crippen LogP contribution in [0.4, 0.5) is 4.39 Å². The number of ether oxygens (including phenoxy) is 2. The van der Waals surface area contributed by atoms with Crippen LogP contribution in [0.1, 0.15) is 16.1 Å². The molecule has 0 radical (unpaired) electrons. The minimum Gasteiger partial charge on any atom is -0.454 e. The van der Waals surface area contributed by atoms with Crippen LogP contribution in [-0.2, 0) is 6.42 Å². The van der Waals surface area contributed by atoms with Crippen molar-refractivity contribution in [2.24, 2.45) is 0 Å². The van der Waals surface area contributed by atoms with Gasteiger partial charge in [-0.3, -0.25) is 4.79 Å². The summed E-state index contributed by atoms with van der Waals surface area (Å²) in [5, 5.41) is 4.87. The Hall–Kier alpha value is -4.39. The SMILES string of the molecule is O=C(NCCc1ccc(F)cc1)c1cc2c([nH]c3ccccc32)c(-c2ccc3c(c2)OCO3)n1. The van der Waals surface area contributed by atoms with Crippen LogP contribution in [0, 0.1) is 5.82 Å². The van der Waals surface area contributed by atoms with Crippen molar-refractivity contribution in [1.82, 2.24) is 15.3 Å². The molecule has 2 aromatic heterocycles. The largest absolute Gasteiger partial charge is 0.454 e. The lowest BCUT2D eigenvalue weighted by Gasteiger charge is -2.09. The number of carbonyl (C=O) groups is 1. The summed E-state index contributed by atoms with van der Waals surface area (Å²) in [6.07, 6.45) is 0.594. The molecule has 2 N–H and O–H groups in total. The number of fused-ring (bicyclic) bond motifs is 4. The maximum absolute atomic E-state index is 13.1. The fourth-order valence-electron chi connectivity index (χ4n) is 4.28. The molecule has 0 unspecified atom stereocenters. The fraction of sp³-hybridized carbons (Fsp3) is 0.111. The van der Waals surface area contributed by atoms with Crippen molar-refractivity contribution in [2.75, 3.05) is 13.3 Å². The molecule has 0 fully saturated rings. The van der Waals surface area contributed by atoms with Gasteiger partial charge in [0.15, 0.2) is 11.5 Å². The molecule has 1 aliphatic heterocycles. The van der Waals surface area contributed by atoms with Crippen molar-refractivity contribution < 1.29 is 18.7 Å². The molecule has 0 spiro atoms. The van der Waals surface area contributed by atoms with E-state index < -0.39 is 0 Å². The normalized spacial score (nSPS) is 12.4. The molecule has 0 aliphatic carbocycles. The molecule has 3 heterocycles. The third-order valence-electron chi connectivity index (χ3n) is 5.99. The minimum absolute atomic E-state index is 0.185. The van der Waals surface area contributed by atoms with Gasteiger partial charge in [-0.2, -0.15) is 0 Å². The highest BCUT2D eigenvalue weighted by Gasteiger charge is 2.20. The molecular formula is C27H20FN3O3. The van der Waals surface area contributed by atoms with Gasteiger partial charge < -0.3 is 19.8 Å². The average molecular weight is 453 g/mol. The molecule has 0 atom stereocenters. The number of aromatic amines is 1. The Balaban J connectivity index is 1.37. The van der Waals surface area contributed by atoms with Crippen LogP contribution >= 0.6 is 0 Å². The Labute approximate surface area is 194 Å². The number of amides is 1. The van der Waals surface area contributed by atoms with Gasteiger partial charge in [-0.25, -0.2) is 9.37 Å². The summed E-state index contributed by atoms with van der Waals surface area (Å²) in [6, 6.07) is 21.7. The molecule has 5 aromatic rings. The maximum Gasteiger partial charge on any atom is 0.269 e. The second-order valence-electron chi connectivity index (χ2n) is 8.15. The second kappa shape index (κ2) is 8.19. The number of aromatic nitrogens is 2. The van der Waals surface area contributed by atoms with E-state index in [1.807, 2.05) is 48.5 Å². The molecular weight excluding hydrogens is 433 g/mol. The molecule has 1 amide bonds. The van der Waals surface area contributed by atoms with Gasteiger partial charge in [0, 0.05) is 28.4 Å². The van der Waals surface area contributed by atoms with Gasteiger partial charge in [-0.1, -0.05) is 30.3 Å². The van der Waals surface area contributed by atoms with E-state index in [0.717, 1.165) is 32.9 Å². The van der Waals surface area contributed by atoms with Crippen molar-refractivity contribution >= 4 is 27.7 Å². The Morgan fingerprint density at radius 3 is 2.68 bits per heavy atom. The smallest absolute Gasteiger partial charge is 0.269 e. The Bertz CT molecular complexity index is 1540. The number of hydrogen-bond acceptors (Lipinski definition) is 4. The van der Waals surface area contributed by atoms with E-state index in [0.29, 0.717) is 35.9 Å². The molecule has 34 heavy (non-hydrogen) atoms. The highest BCUT2D eigenvalue weighted by atomic mass is 19.1. The van der Waals surface area contributed by atoms with Gasteiger partial charge in [0.2, 0.25) is 6.79 Å². The number of carbonyl (C=O) groups excluding carboxylic acids is 1. The van der Waals surface area contributed by atoms with Crippen LogP contribution < -0.4 is 14.8 Å². The summed E-state index contributed by atoms with van der Waals surface area (Å²) in [4.78, 5) is 21.3. The zero-order chi connectivity index (χ0) is 23.1. The predicted octanol–water partition coefficient (Wildman–Crippen LogP) is 5.22. The van der Waals surface area contributed by atoms with Crippen molar-refractivity contribution in [1.29, 1.82) is 0 Å². The molecule has 3 aromatic carbocycles. The van der Waals surface area contributed by atoms with Crippen molar-refractivity contribution in [3.63, 3.8) is 0 Å². The van der Waals surface area contributed by atoms with Gasteiger partial charge >= 0.3 is 0 Å². The van der Waals surface area contributed by atoms with Crippen LogP contribution in [0.2, 0.25) is 0 Å². The topological polar surface area (TPSA) is 76.2 Å². The lowest BCUT2D eigenvalue weighted by atomic mass is 10.1. The van der Waals surface area contributed by atoms with Crippen LogP contribution in [0.25, 0.3) is 33.1 Å². The van der Waals surface area contributed by atoms with Crippen LogP contribution in [-0.4, -0.2) is 29.2 Å². The molecule has 0 saturated heterocycles. The predicted molar refractivity (Wildman–Crippen MR) is 128 cm³/mol. The molecule has 0 bridgehead atoms. The molecule has 0 saturated carbocycles. The number of pyridine rings is 1. The summed E-state index contributed by atoms with van der Waals surface area (Å²) >= 11 is 0. The van der Waals surface area contributed by atoms with Crippen molar-refractivity contribution in [2.45, 2.75) is 6.42 Å². The quantitative estimate of drug-likeness (QED) is 0.382. The first-order chi connectivity index (χ1) is 16.7. The Morgan fingerprint density at radius 2 is 1.79 bits per heavy atom. The fourth-order valence-corrected chi connectivity index (χ4v) is 4.28. The summed E-state index contributed by atoms with van der Waals surface area (Å²) in [5.41, 5.74) is 4.57. The number of nitrogens with one attached hydrogen (secondary N) is 2. The third kappa shape index (κ3) is 3.61. The van der Waals surface area contributed by atoms with E-state index in [1.165, 1.54) is 12.1 Å². The summed E-state index contributed by atoms with van der Waals surface area (Å²) in [6.45, 7) is 0.599. The van der Waals surface area contributed by atoms with E-state index in [9.17, 15) is 9.18 Å². The van der Waals surface area contributed by atoms with E-state index in [4.69, 9.17) is 14.5 Å². The zero-order valence-electron chi connectivity index (χ0n) is 18.1. The molecule has 6 nitrogen and oxygen atoms in total. The molecule has 7 heteroatoms. The van der Waals surface area contributed by atoms with Crippen molar-refractivity contribution in [3.05, 3.63) is 89.9 Å². The van der Waals surface area contributed by atoms with Crippen LogP contribution in [0.5, 0.6) is 11.5 Å². The lowest BCUT2D eigenvalue weighted by Crippen LogP contribution is -2.26. The Morgan fingerprint density at radius 1 is 0.971 bits per heavy atom. The van der Waals surface area contributed by atoms with Gasteiger partial charge in [0.1, 0.15) is 11.5 Å². The van der Waals surface area contributed by atoms with Gasteiger partial charge in [0.25, 0.3) is 5.91 Å². The number of benzene rings is 3. The van der Waals surface area contributed by atoms with E-state index in [2.05, 4.69) is 10.3 Å². The molecule has 168 valence electrons. The van der Waals surface area contributed by atoms with Crippen LogP contribution in [0.3, 0.4) is 0 Å². The monoisotopic (exact) mass is 453 g/mol. The van der Waals surface area contributed by atoms with Gasteiger partial charge in [-0.05, 0) is 54.4 Å².